The van der Waals surface area contributed by atoms with E-state index in [-0.39, 0.29) is 6.61 Å². The monoisotopic (exact) mass is 251 g/mol. The topological polar surface area (TPSA) is 77.2 Å². The predicted molar refractivity (Wildman–Crippen MR) is 68.4 cm³/mol. The van der Waals surface area contributed by atoms with Crippen LogP contribution in [0, 0.1) is 6.92 Å². The molecule has 0 aliphatic carbocycles. The Morgan fingerprint density at radius 1 is 1.59 bits per heavy atom. The number of fused-ring (bicyclic) bond motifs is 1. The minimum Gasteiger partial charge on any atom is -0.448 e. The Bertz CT molecular complexity index is 538. The average molecular weight is 251 g/mol. The Morgan fingerprint density at radius 2 is 2.41 bits per heavy atom. The lowest BCUT2D eigenvalue weighted by molar-refractivity contribution is 0.161. The van der Waals surface area contributed by atoms with Gasteiger partial charge in [-0.1, -0.05) is 17.4 Å². The summed E-state index contributed by atoms with van der Waals surface area (Å²) in [7, 11) is 0. The Kier molecular flexibility index (Phi) is 3.43. The number of anilines is 1. The highest BCUT2D eigenvalue weighted by Crippen LogP contribution is 2.26. The summed E-state index contributed by atoms with van der Waals surface area (Å²) in [6, 6.07) is 6.14. The number of benzene rings is 1. The summed E-state index contributed by atoms with van der Waals surface area (Å²) in [6.07, 6.45) is -0.758. The minimum absolute atomic E-state index is 0.240. The van der Waals surface area contributed by atoms with Gasteiger partial charge in [0.05, 0.1) is 16.8 Å². The molecule has 0 spiro atoms. The molecule has 2 rings (SSSR count). The van der Waals surface area contributed by atoms with E-state index in [1.165, 1.54) is 5.56 Å². The van der Waals surface area contributed by atoms with Crippen LogP contribution in [0.25, 0.3) is 10.2 Å². The van der Waals surface area contributed by atoms with Gasteiger partial charge in [0.25, 0.3) is 0 Å². The van der Waals surface area contributed by atoms with E-state index in [2.05, 4.69) is 21.1 Å². The quantitative estimate of drug-likeness (QED) is 0.816. The van der Waals surface area contributed by atoms with E-state index in [9.17, 15) is 4.79 Å². The number of nitrogens with one attached hydrogen (secondary N) is 1. The SMILES string of the molecule is Cc1ccc2sc(NCCOC(N)=O)nc2c1. The first-order chi connectivity index (χ1) is 8.15. The van der Waals surface area contributed by atoms with E-state index in [1.54, 1.807) is 11.3 Å². The molecule has 0 aliphatic rings. The fraction of sp³-hybridized carbons (Fsp3) is 0.273. The van der Waals surface area contributed by atoms with Crippen LogP contribution in [0.1, 0.15) is 5.56 Å². The molecule has 0 saturated carbocycles. The van der Waals surface area contributed by atoms with E-state index < -0.39 is 6.09 Å². The molecule has 2 aromatic rings. The normalized spacial score (nSPS) is 10.4. The van der Waals surface area contributed by atoms with E-state index in [0.29, 0.717) is 6.54 Å². The van der Waals surface area contributed by atoms with E-state index in [1.807, 2.05) is 19.1 Å². The number of rotatable bonds is 4. The highest BCUT2D eigenvalue weighted by Gasteiger charge is 2.03. The Morgan fingerprint density at radius 3 is 3.18 bits per heavy atom. The maximum absolute atomic E-state index is 10.3. The van der Waals surface area contributed by atoms with Crippen LogP contribution in [0.3, 0.4) is 0 Å². The van der Waals surface area contributed by atoms with Crippen LogP contribution in [0.4, 0.5) is 9.93 Å². The number of amides is 1. The van der Waals surface area contributed by atoms with Crippen LogP contribution in [0.2, 0.25) is 0 Å². The van der Waals surface area contributed by atoms with Gasteiger partial charge >= 0.3 is 6.09 Å². The largest absolute Gasteiger partial charge is 0.448 e. The van der Waals surface area contributed by atoms with Crippen molar-refractivity contribution in [1.29, 1.82) is 0 Å². The summed E-state index contributed by atoms with van der Waals surface area (Å²) in [5.41, 5.74) is 7.01. The van der Waals surface area contributed by atoms with Crippen molar-refractivity contribution in [3.63, 3.8) is 0 Å². The molecular weight excluding hydrogens is 238 g/mol. The molecule has 1 heterocycles. The number of aryl methyl sites for hydroxylation is 1. The molecule has 0 aliphatic heterocycles. The molecule has 6 heteroatoms. The number of hydrogen-bond donors (Lipinski definition) is 2. The second kappa shape index (κ2) is 5.01. The van der Waals surface area contributed by atoms with Gasteiger partial charge in [0.1, 0.15) is 6.61 Å². The third-order valence-electron chi connectivity index (χ3n) is 2.17. The van der Waals surface area contributed by atoms with Gasteiger partial charge in [0.15, 0.2) is 5.13 Å². The van der Waals surface area contributed by atoms with Gasteiger partial charge in [-0.25, -0.2) is 9.78 Å². The summed E-state index contributed by atoms with van der Waals surface area (Å²) in [5, 5.41) is 3.90. The van der Waals surface area contributed by atoms with Crippen LogP contribution < -0.4 is 11.1 Å². The smallest absolute Gasteiger partial charge is 0.404 e. The lowest BCUT2D eigenvalue weighted by Gasteiger charge is -2.01. The van der Waals surface area contributed by atoms with Gasteiger partial charge in [-0.3, -0.25) is 0 Å². The molecule has 90 valence electrons. The summed E-state index contributed by atoms with van der Waals surface area (Å²) in [5.74, 6) is 0. The molecule has 0 radical (unpaired) electrons. The Hall–Kier alpha value is -1.82. The van der Waals surface area contributed by atoms with Gasteiger partial charge in [-0.05, 0) is 24.6 Å². The van der Waals surface area contributed by atoms with Gasteiger partial charge in [0, 0.05) is 0 Å². The first-order valence-electron chi connectivity index (χ1n) is 5.18. The van der Waals surface area contributed by atoms with Gasteiger partial charge in [-0.2, -0.15) is 0 Å². The molecule has 0 atom stereocenters. The summed E-state index contributed by atoms with van der Waals surface area (Å²) in [4.78, 5) is 14.8. The number of carbonyl (C=O) groups excluding carboxylic acids is 1. The molecule has 5 nitrogen and oxygen atoms in total. The van der Waals surface area contributed by atoms with Crippen molar-refractivity contribution in [1.82, 2.24) is 4.98 Å². The molecular formula is C11H13N3O2S. The maximum Gasteiger partial charge on any atom is 0.404 e. The summed E-state index contributed by atoms with van der Waals surface area (Å²) >= 11 is 1.57. The van der Waals surface area contributed by atoms with Crippen LogP contribution in [-0.2, 0) is 4.74 Å². The number of aromatic nitrogens is 1. The van der Waals surface area contributed by atoms with Crippen LogP contribution in [-0.4, -0.2) is 24.2 Å². The van der Waals surface area contributed by atoms with Crippen molar-refractivity contribution >= 4 is 32.8 Å². The second-order valence-electron chi connectivity index (χ2n) is 3.58. The van der Waals surface area contributed by atoms with Crippen LogP contribution in [0.5, 0.6) is 0 Å². The molecule has 1 aromatic heterocycles. The molecule has 1 amide bonds. The molecule has 3 N–H and O–H groups in total. The molecule has 1 aromatic carbocycles. The van der Waals surface area contributed by atoms with Crippen molar-refractivity contribution < 1.29 is 9.53 Å². The zero-order valence-corrected chi connectivity index (χ0v) is 10.2. The number of nitrogens with zero attached hydrogens (tertiary/aromatic N) is 1. The zero-order chi connectivity index (χ0) is 12.3. The molecule has 0 bridgehead atoms. The van der Waals surface area contributed by atoms with Crippen LogP contribution in [0.15, 0.2) is 18.2 Å². The third-order valence-corrected chi connectivity index (χ3v) is 3.16. The zero-order valence-electron chi connectivity index (χ0n) is 9.40. The average Bonchev–Trinajstić information content (AvgIpc) is 2.66. The predicted octanol–water partition coefficient (Wildman–Crippen LogP) is 2.11. The number of carbonyl (C=O) groups is 1. The first kappa shape index (κ1) is 11.7. The minimum atomic E-state index is -0.758. The molecule has 0 saturated heterocycles. The number of primary amides is 1. The van der Waals surface area contributed by atoms with Crippen LogP contribution >= 0.6 is 11.3 Å². The van der Waals surface area contributed by atoms with Crippen molar-refractivity contribution in [3.05, 3.63) is 23.8 Å². The summed E-state index contributed by atoms with van der Waals surface area (Å²) in [6.45, 7) is 2.78. The van der Waals surface area contributed by atoms with E-state index in [0.717, 1.165) is 15.3 Å². The molecule has 0 fully saturated rings. The fourth-order valence-corrected chi connectivity index (χ4v) is 2.29. The Balaban J connectivity index is 1.97. The standard InChI is InChI=1S/C11H13N3O2S/c1-7-2-3-9-8(6-7)14-11(17-9)13-4-5-16-10(12)15/h2-3,6H,4-5H2,1H3,(H2,12,15)(H,13,14). The highest BCUT2D eigenvalue weighted by atomic mass is 32.1. The Labute approximate surface area is 103 Å². The number of hydrogen-bond acceptors (Lipinski definition) is 5. The van der Waals surface area contributed by atoms with Gasteiger partial charge in [-0.15, -0.1) is 0 Å². The lowest BCUT2D eigenvalue weighted by atomic mass is 10.2. The molecule has 0 unspecified atom stereocenters. The van der Waals surface area contributed by atoms with Crippen molar-refractivity contribution in [2.24, 2.45) is 5.73 Å². The van der Waals surface area contributed by atoms with Crippen molar-refractivity contribution in [3.8, 4) is 0 Å². The highest BCUT2D eigenvalue weighted by molar-refractivity contribution is 7.22. The van der Waals surface area contributed by atoms with E-state index >= 15 is 0 Å². The maximum atomic E-state index is 10.3. The van der Waals surface area contributed by atoms with E-state index in [4.69, 9.17) is 5.73 Å². The first-order valence-corrected chi connectivity index (χ1v) is 6.00. The fourth-order valence-electron chi connectivity index (χ4n) is 1.42. The second-order valence-corrected chi connectivity index (χ2v) is 4.62. The van der Waals surface area contributed by atoms with Gasteiger partial charge in [0.2, 0.25) is 0 Å². The number of ether oxygens (including phenoxy) is 1. The van der Waals surface area contributed by atoms with Crippen molar-refractivity contribution in [2.45, 2.75) is 6.92 Å². The van der Waals surface area contributed by atoms with Gasteiger partial charge < -0.3 is 15.8 Å². The van der Waals surface area contributed by atoms with Crippen molar-refractivity contribution in [2.75, 3.05) is 18.5 Å². The number of thiazole rings is 1. The summed E-state index contributed by atoms with van der Waals surface area (Å²) < 4.78 is 5.74. The number of nitrogens with two attached hydrogens (primary N) is 1. The lowest BCUT2D eigenvalue weighted by Crippen LogP contribution is -2.18. The third kappa shape index (κ3) is 3.07. The molecule has 17 heavy (non-hydrogen) atoms.